The molecule has 0 amide bonds. The van der Waals surface area contributed by atoms with Gasteiger partial charge in [0.1, 0.15) is 11.6 Å². The van der Waals surface area contributed by atoms with Gasteiger partial charge in [0.05, 0.1) is 16.6 Å². The first kappa shape index (κ1) is 11.3. The molecule has 0 aliphatic heterocycles. The number of halogens is 1. The number of nitrogens with zero attached hydrogens (tertiary/aromatic N) is 2. The van der Waals surface area contributed by atoms with Crippen molar-refractivity contribution in [2.45, 2.75) is 4.90 Å². The Morgan fingerprint density at radius 3 is 2.72 bits per heavy atom. The maximum atomic E-state index is 13.8. The summed E-state index contributed by atoms with van der Waals surface area (Å²) in [6.07, 6.45) is 0. The van der Waals surface area contributed by atoms with Crippen LogP contribution in [0.2, 0.25) is 0 Å². The Bertz CT molecular complexity index is 734. The first-order valence-electron chi connectivity index (χ1n) is 5.57. The number of aromatic nitrogens is 2. The summed E-state index contributed by atoms with van der Waals surface area (Å²) in [6.45, 7) is 0. The smallest absolute Gasteiger partial charge is 0.143 e. The van der Waals surface area contributed by atoms with Crippen LogP contribution in [0, 0.1) is 5.82 Å². The summed E-state index contributed by atoms with van der Waals surface area (Å²) in [5.74, 6) is 0.365. The average molecular weight is 258 g/mol. The predicted octanol–water partition coefficient (Wildman–Crippen LogP) is 3.67. The van der Waals surface area contributed by atoms with Crippen molar-refractivity contribution in [3.63, 3.8) is 0 Å². The fourth-order valence-electron chi connectivity index (χ4n) is 2.07. The van der Waals surface area contributed by atoms with Crippen molar-refractivity contribution in [3.05, 3.63) is 48.3 Å². The second-order valence-corrected chi connectivity index (χ2v) is 4.66. The van der Waals surface area contributed by atoms with E-state index in [1.54, 1.807) is 12.1 Å². The molecule has 18 heavy (non-hydrogen) atoms. The van der Waals surface area contributed by atoms with Crippen molar-refractivity contribution in [1.82, 2.24) is 9.55 Å². The summed E-state index contributed by atoms with van der Waals surface area (Å²) in [5.41, 5.74) is 2.30. The Morgan fingerprint density at radius 1 is 1.17 bits per heavy atom. The molecule has 4 heteroatoms. The molecular weight excluding hydrogens is 247 g/mol. The average Bonchev–Trinajstić information content (AvgIpc) is 2.67. The normalized spacial score (nSPS) is 11.1. The lowest BCUT2D eigenvalue weighted by atomic mass is 10.2. The second-order valence-electron chi connectivity index (χ2n) is 4.15. The third-order valence-electron chi connectivity index (χ3n) is 2.98. The van der Waals surface area contributed by atoms with Crippen molar-refractivity contribution in [1.29, 1.82) is 0 Å². The Kier molecular flexibility index (Phi) is 2.59. The lowest BCUT2D eigenvalue weighted by Gasteiger charge is -2.03. The van der Waals surface area contributed by atoms with Gasteiger partial charge in [-0.05, 0) is 30.3 Å². The molecule has 0 spiro atoms. The van der Waals surface area contributed by atoms with Gasteiger partial charge in [-0.1, -0.05) is 12.1 Å². The molecule has 0 aliphatic rings. The summed E-state index contributed by atoms with van der Waals surface area (Å²) >= 11 is 4.29. The molecule has 0 bridgehead atoms. The molecule has 3 rings (SSSR count). The van der Waals surface area contributed by atoms with E-state index in [1.165, 1.54) is 6.07 Å². The topological polar surface area (TPSA) is 17.8 Å². The highest BCUT2D eigenvalue weighted by Crippen LogP contribution is 2.26. The number of hydrogen-bond acceptors (Lipinski definition) is 2. The highest BCUT2D eigenvalue weighted by molar-refractivity contribution is 7.80. The van der Waals surface area contributed by atoms with Crippen LogP contribution in [0.1, 0.15) is 0 Å². The van der Waals surface area contributed by atoms with Gasteiger partial charge in [0, 0.05) is 11.9 Å². The van der Waals surface area contributed by atoms with E-state index in [2.05, 4.69) is 17.6 Å². The lowest BCUT2D eigenvalue weighted by molar-refractivity contribution is 0.629. The van der Waals surface area contributed by atoms with E-state index in [4.69, 9.17) is 0 Å². The van der Waals surface area contributed by atoms with Crippen molar-refractivity contribution < 1.29 is 4.39 Å². The quantitative estimate of drug-likeness (QED) is 0.659. The van der Waals surface area contributed by atoms with Gasteiger partial charge in [-0.2, -0.15) is 0 Å². The molecule has 0 fully saturated rings. The van der Waals surface area contributed by atoms with Gasteiger partial charge < -0.3 is 4.57 Å². The summed E-state index contributed by atoms with van der Waals surface area (Å²) < 4.78 is 15.7. The van der Waals surface area contributed by atoms with Gasteiger partial charge in [0.15, 0.2) is 0 Å². The Morgan fingerprint density at radius 2 is 1.94 bits per heavy atom. The van der Waals surface area contributed by atoms with Gasteiger partial charge >= 0.3 is 0 Å². The van der Waals surface area contributed by atoms with Gasteiger partial charge in [0.2, 0.25) is 0 Å². The van der Waals surface area contributed by atoms with Gasteiger partial charge in [-0.3, -0.25) is 0 Å². The van der Waals surface area contributed by atoms with E-state index in [1.807, 2.05) is 35.9 Å². The highest BCUT2D eigenvalue weighted by Gasteiger charge is 2.12. The van der Waals surface area contributed by atoms with Crippen LogP contribution >= 0.6 is 12.6 Å². The first-order valence-corrected chi connectivity index (χ1v) is 6.02. The minimum absolute atomic E-state index is 0.262. The minimum Gasteiger partial charge on any atom is -0.327 e. The predicted molar refractivity (Wildman–Crippen MR) is 73.4 cm³/mol. The molecule has 90 valence electrons. The number of fused-ring (bicyclic) bond motifs is 1. The highest BCUT2D eigenvalue weighted by atomic mass is 32.1. The molecular formula is C14H11FN2S. The van der Waals surface area contributed by atoms with Crippen LogP contribution in [-0.2, 0) is 7.05 Å². The zero-order chi connectivity index (χ0) is 12.7. The van der Waals surface area contributed by atoms with Crippen molar-refractivity contribution in [3.8, 4) is 11.4 Å². The lowest BCUT2D eigenvalue weighted by Crippen LogP contribution is -1.94. The van der Waals surface area contributed by atoms with E-state index < -0.39 is 0 Å². The molecule has 2 aromatic carbocycles. The Balaban J connectivity index is 2.31. The summed E-state index contributed by atoms with van der Waals surface area (Å²) in [4.78, 5) is 5.33. The standard InChI is InChI=1S/C14H11FN2S/c1-17-13-7-6-9(18)8-12(13)16-14(17)10-4-2-3-5-11(10)15/h2-8,18H,1H3. The van der Waals surface area contributed by atoms with Crippen LogP contribution in [0.3, 0.4) is 0 Å². The second kappa shape index (κ2) is 4.14. The van der Waals surface area contributed by atoms with Crippen molar-refractivity contribution >= 4 is 23.7 Å². The third-order valence-corrected chi connectivity index (χ3v) is 3.26. The van der Waals surface area contributed by atoms with Crippen LogP contribution in [0.15, 0.2) is 47.4 Å². The zero-order valence-corrected chi connectivity index (χ0v) is 10.7. The largest absolute Gasteiger partial charge is 0.327 e. The number of imidazole rings is 1. The molecule has 0 unspecified atom stereocenters. The van der Waals surface area contributed by atoms with E-state index in [9.17, 15) is 4.39 Å². The molecule has 1 aromatic heterocycles. The number of aryl methyl sites for hydroxylation is 1. The number of hydrogen-bond donors (Lipinski definition) is 1. The van der Waals surface area contributed by atoms with Crippen molar-refractivity contribution in [2.24, 2.45) is 7.05 Å². The molecule has 0 radical (unpaired) electrons. The van der Waals surface area contributed by atoms with Crippen LogP contribution in [0.25, 0.3) is 22.4 Å². The third kappa shape index (κ3) is 1.69. The maximum Gasteiger partial charge on any atom is 0.143 e. The zero-order valence-electron chi connectivity index (χ0n) is 9.76. The van der Waals surface area contributed by atoms with Crippen LogP contribution in [0.5, 0.6) is 0 Å². The minimum atomic E-state index is -0.262. The van der Waals surface area contributed by atoms with Gasteiger partial charge in [-0.25, -0.2) is 9.37 Å². The Labute approximate surface area is 109 Å². The Hall–Kier alpha value is -1.81. The van der Waals surface area contributed by atoms with E-state index in [-0.39, 0.29) is 5.82 Å². The monoisotopic (exact) mass is 258 g/mol. The van der Waals surface area contributed by atoms with Gasteiger partial charge in [-0.15, -0.1) is 12.6 Å². The molecule has 0 aliphatic carbocycles. The first-order chi connectivity index (χ1) is 8.66. The molecule has 2 nitrogen and oxygen atoms in total. The molecule has 0 N–H and O–H groups in total. The summed E-state index contributed by atoms with van der Waals surface area (Å²) in [7, 11) is 1.88. The SMILES string of the molecule is Cn1c(-c2ccccc2F)nc2cc(S)ccc21. The molecule has 1 heterocycles. The fourth-order valence-corrected chi connectivity index (χ4v) is 2.27. The number of rotatable bonds is 1. The van der Waals surface area contributed by atoms with E-state index in [0.29, 0.717) is 11.4 Å². The molecule has 0 atom stereocenters. The number of thiol groups is 1. The maximum absolute atomic E-state index is 13.8. The van der Waals surface area contributed by atoms with Crippen LogP contribution in [0.4, 0.5) is 4.39 Å². The summed E-state index contributed by atoms with van der Waals surface area (Å²) in [5, 5.41) is 0. The van der Waals surface area contributed by atoms with Crippen LogP contribution in [-0.4, -0.2) is 9.55 Å². The van der Waals surface area contributed by atoms with Gasteiger partial charge in [0.25, 0.3) is 0 Å². The molecule has 0 saturated carbocycles. The van der Waals surface area contributed by atoms with Crippen LogP contribution < -0.4 is 0 Å². The number of benzene rings is 2. The van der Waals surface area contributed by atoms with E-state index in [0.717, 1.165) is 15.9 Å². The molecule has 0 saturated heterocycles. The summed E-state index contributed by atoms with van der Waals surface area (Å²) in [6, 6.07) is 12.4. The van der Waals surface area contributed by atoms with Crippen molar-refractivity contribution in [2.75, 3.05) is 0 Å². The molecule has 3 aromatic rings. The fraction of sp³-hybridized carbons (Fsp3) is 0.0714. The van der Waals surface area contributed by atoms with E-state index >= 15 is 0 Å².